The summed E-state index contributed by atoms with van der Waals surface area (Å²) in [6.45, 7) is 5.42. The minimum absolute atomic E-state index is 0.717. The summed E-state index contributed by atoms with van der Waals surface area (Å²) in [6.07, 6.45) is 0. The van der Waals surface area contributed by atoms with E-state index in [1.54, 1.807) is 7.11 Å². The minimum atomic E-state index is 0.717. The van der Waals surface area contributed by atoms with Crippen LogP contribution in [0.25, 0.3) is 0 Å². The average Bonchev–Trinajstić information content (AvgIpc) is 2.35. The number of hydrogen-bond acceptors (Lipinski definition) is 3. The second-order valence-corrected chi connectivity index (χ2v) is 4.37. The van der Waals surface area contributed by atoms with Gasteiger partial charge in [0.2, 0.25) is 0 Å². The largest absolute Gasteiger partial charge is 0.383 e. The van der Waals surface area contributed by atoms with Crippen LogP contribution in [0.5, 0.6) is 0 Å². The number of anilines is 1. The third-order valence-corrected chi connectivity index (χ3v) is 3.10. The van der Waals surface area contributed by atoms with Crippen LogP contribution < -0.4 is 10.2 Å². The number of hydrogen-bond donors (Lipinski definition) is 1. The van der Waals surface area contributed by atoms with Crippen molar-refractivity contribution < 1.29 is 4.74 Å². The van der Waals surface area contributed by atoms with Gasteiger partial charge in [-0.15, -0.1) is 0 Å². The summed E-state index contributed by atoms with van der Waals surface area (Å²) in [5.74, 6) is 0. The number of benzene rings is 1. The van der Waals surface area contributed by atoms with Crippen LogP contribution in [0, 0.1) is 0 Å². The van der Waals surface area contributed by atoms with E-state index in [-0.39, 0.29) is 0 Å². The standard InChI is InChI=1S/C13H21ClN2O/c1-4-16(2)12-6-5-11(13(14)9-12)10-15-7-8-17-3/h5-6,9,15H,4,7-8,10H2,1-3H3. The summed E-state index contributed by atoms with van der Waals surface area (Å²) in [6, 6.07) is 6.19. The molecule has 17 heavy (non-hydrogen) atoms. The smallest absolute Gasteiger partial charge is 0.0587 e. The summed E-state index contributed by atoms with van der Waals surface area (Å²) in [5, 5.41) is 4.10. The van der Waals surface area contributed by atoms with E-state index in [0.29, 0.717) is 6.61 Å². The van der Waals surface area contributed by atoms with Gasteiger partial charge in [-0.1, -0.05) is 17.7 Å². The van der Waals surface area contributed by atoms with E-state index >= 15 is 0 Å². The van der Waals surface area contributed by atoms with Gasteiger partial charge in [0.25, 0.3) is 0 Å². The molecule has 0 bridgehead atoms. The summed E-state index contributed by atoms with van der Waals surface area (Å²) in [4.78, 5) is 2.16. The molecule has 0 amide bonds. The monoisotopic (exact) mass is 256 g/mol. The summed E-state index contributed by atoms with van der Waals surface area (Å²) >= 11 is 6.25. The maximum Gasteiger partial charge on any atom is 0.0587 e. The Kier molecular flexibility index (Phi) is 6.34. The quantitative estimate of drug-likeness (QED) is 0.759. The Hall–Kier alpha value is -0.770. The van der Waals surface area contributed by atoms with Gasteiger partial charge >= 0.3 is 0 Å². The van der Waals surface area contributed by atoms with Crippen molar-refractivity contribution in [2.75, 3.05) is 38.8 Å². The van der Waals surface area contributed by atoms with E-state index in [4.69, 9.17) is 16.3 Å². The van der Waals surface area contributed by atoms with Crippen molar-refractivity contribution in [3.63, 3.8) is 0 Å². The molecule has 1 aromatic carbocycles. The zero-order valence-electron chi connectivity index (χ0n) is 10.8. The molecule has 0 aliphatic rings. The SMILES string of the molecule is CCN(C)c1ccc(CNCCOC)c(Cl)c1. The molecule has 1 rings (SSSR count). The molecule has 0 saturated carbocycles. The number of rotatable bonds is 7. The van der Waals surface area contributed by atoms with E-state index in [9.17, 15) is 0 Å². The highest BCUT2D eigenvalue weighted by atomic mass is 35.5. The number of nitrogens with one attached hydrogen (secondary N) is 1. The zero-order chi connectivity index (χ0) is 12.7. The Balaban J connectivity index is 2.57. The molecule has 0 aromatic heterocycles. The Morgan fingerprint density at radius 3 is 2.76 bits per heavy atom. The van der Waals surface area contributed by atoms with Gasteiger partial charge < -0.3 is 15.0 Å². The fraction of sp³-hybridized carbons (Fsp3) is 0.538. The Labute approximate surface area is 109 Å². The van der Waals surface area contributed by atoms with Gasteiger partial charge in [0.05, 0.1) is 6.61 Å². The second-order valence-electron chi connectivity index (χ2n) is 3.96. The molecule has 0 radical (unpaired) electrons. The fourth-order valence-corrected chi connectivity index (χ4v) is 1.74. The van der Waals surface area contributed by atoms with Gasteiger partial charge in [0.1, 0.15) is 0 Å². The Morgan fingerprint density at radius 2 is 2.18 bits per heavy atom. The van der Waals surface area contributed by atoms with Gasteiger partial charge in [-0.3, -0.25) is 0 Å². The molecule has 96 valence electrons. The third kappa shape index (κ3) is 4.54. The fourth-order valence-electron chi connectivity index (χ4n) is 1.50. The van der Waals surface area contributed by atoms with Gasteiger partial charge in [-0.25, -0.2) is 0 Å². The van der Waals surface area contributed by atoms with Crippen molar-refractivity contribution in [3.05, 3.63) is 28.8 Å². The number of methoxy groups -OCH3 is 1. The van der Waals surface area contributed by atoms with Crippen LogP contribution in [0.3, 0.4) is 0 Å². The van der Waals surface area contributed by atoms with Crippen LogP contribution in [-0.4, -0.2) is 33.9 Å². The first kappa shape index (κ1) is 14.3. The average molecular weight is 257 g/mol. The van der Waals surface area contributed by atoms with Crippen LogP contribution in [0.4, 0.5) is 5.69 Å². The number of ether oxygens (including phenoxy) is 1. The molecule has 4 heteroatoms. The van der Waals surface area contributed by atoms with E-state index in [1.165, 1.54) is 0 Å². The van der Waals surface area contributed by atoms with Gasteiger partial charge in [0.15, 0.2) is 0 Å². The predicted molar refractivity (Wildman–Crippen MR) is 74.0 cm³/mol. The van der Waals surface area contributed by atoms with E-state index in [2.05, 4.69) is 36.3 Å². The van der Waals surface area contributed by atoms with Crippen molar-refractivity contribution in [1.82, 2.24) is 5.32 Å². The van der Waals surface area contributed by atoms with Crippen molar-refractivity contribution in [2.45, 2.75) is 13.5 Å². The van der Waals surface area contributed by atoms with Crippen molar-refractivity contribution in [1.29, 1.82) is 0 Å². The lowest BCUT2D eigenvalue weighted by Crippen LogP contribution is -2.19. The van der Waals surface area contributed by atoms with E-state index < -0.39 is 0 Å². The predicted octanol–water partition coefficient (Wildman–Crippen LogP) is 2.53. The van der Waals surface area contributed by atoms with Crippen molar-refractivity contribution in [3.8, 4) is 0 Å². The normalized spacial score (nSPS) is 10.6. The minimum Gasteiger partial charge on any atom is -0.383 e. The highest BCUT2D eigenvalue weighted by Gasteiger charge is 2.04. The molecule has 0 aliphatic heterocycles. The van der Waals surface area contributed by atoms with Gasteiger partial charge in [-0.2, -0.15) is 0 Å². The number of halogens is 1. The summed E-state index contributed by atoms with van der Waals surface area (Å²) < 4.78 is 4.97. The molecule has 0 fully saturated rings. The van der Waals surface area contributed by atoms with E-state index in [0.717, 1.165) is 35.9 Å². The zero-order valence-corrected chi connectivity index (χ0v) is 11.5. The van der Waals surface area contributed by atoms with Crippen molar-refractivity contribution >= 4 is 17.3 Å². The first-order valence-electron chi connectivity index (χ1n) is 5.88. The molecule has 0 saturated heterocycles. The van der Waals surface area contributed by atoms with Crippen LogP contribution in [0.1, 0.15) is 12.5 Å². The van der Waals surface area contributed by atoms with Crippen LogP contribution in [0.2, 0.25) is 5.02 Å². The maximum atomic E-state index is 6.25. The van der Waals surface area contributed by atoms with E-state index in [1.807, 2.05) is 6.07 Å². The third-order valence-electron chi connectivity index (χ3n) is 2.75. The second kappa shape index (κ2) is 7.54. The lowest BCUT2D eigenvalue weighted by Gasteiger charge is -2.18. The highest BCUT2D eigenvalue weighted by Crippen LogP contribution is 2.22. The van der Waals surface area contributed by atoms with Crippen molar-refractivity contribution in [2.24, 2.45) is 0 Å². The van der Waals surface area contributed by atoms with Gasteiger partial charge in [0, 0.05) is 44.5 Å². The van der Waals surface area contributed by atoms with Crippen LogP contribution >= 0.6 is 11.6 Å². The molecule has 0 spiro atoms. The Bertz CT molecular complexity index is 344. The lowest BCUT2D eigenvalue weighted by molar-refractivity contribution is 0.199. The first-order chi connectivity index (χ1) is 8.19. The molecule has 0 atom stereocenters. The van der Waals surface area contributed by atoms with Gasteiger partial charge in [-0.05, 0) is 24.6 Å². The molecule has 1 aromatic rings. The molecular weight excluding hydrogens is 236 g/mol. The topological polar surface area (TPSA) is 24.5 Å². The lowest BCUT2D eigenvalue weighted by atomic mass is 10.2. The van der Waals surface area contributed by atoms with Crippen LogP contribution in [0.15, 0.2) is 18.2 Å². The molecule has 0 aliphatic carbocycles. The molecule has 0 heterocycles. The maximum absolute atomic E-state index is 6.25. The van der Waals surface area contributed by atoms with Crippen LogP contribution in [-0.2, 0) is 11.3 Å². The molecule has 0 unspecified atom stereocenters. The Morgan fingerprint density at radius 1 is 1.41 bits per heavy atom. The number of nitrogens with zero attached hydrogens (tertiary/aromatic N) is 1. The molecular formula is C13H21ClN2O. The molecule has 3 nitrogen and oxygen atoms in total. The first-order valence-corrected chi connectivity index (χ1v) is 6.26. The highest BCUT2D eigenvalue weighted by molar-refractivity contribution is 6.31. The molecule has 1 N–H and O–H groups in total. The summed E-state index contributed by atoms with van der Waals surface area (Å²) in [7, 11) is 3.76. The summed E-state index contributed by atoms with van der Waals surface area (Å²) in [5.41, 5.74) is 2.27.